The normalized spacial score (nSPS) is 11.9. The highest BCUT2D eigenvalue weighted by atomic mass is 19.1. The molecule has 33 heavy (non-hydrogen) atoms. The molecule has 0 aliphatic heterocycles. The standard InChI is InChI=1S/C29H33FO3/c1-28(2,3)23-17-20(32-7)18-24(29(4,5)6)26(23)33-27(31)21-14-11-15-25(30)22(21)16-19-12-9-8-10-13-19/h8-15,17-18H,16H2,1-7H3. The Bertz CT molecular complexity index is 1100. The maximum absolute atomic E-state index is 14.8. The first-order valence-corrected chi connectivity index (χ1v) is 11.2. The highest BCUT2D eigenvalue weighted by molar-refractivity contribution is 5.93. The van der Waals surface area contributed by atoms with Crippen molar-refractivity contribution in [3.05, 3.63) is 94.3 Å². The number of rotatable bonds is 5. The third-order valence-corrected chi connectivity index (χ3v) is 5.67. The summed E-state index contributed by atoms with van der Waals surface area (Å²) in [4.78, 5) is 13.5. The molecule has 3 nitrogen and oxygen atoms in total. The van der Waals surface area contributed by atoms with Crippen LogP contribution in [-0.2, 0) is 17.3 Å². The molecule has 174 valence electrons. The minimum absolute atomic E-state index is 0.231. The summed E-state index contributed by atoms with van der Waals surface area (Å²) in [6, 6.07) is 17.9. The van der Waals surface area contributed by atoms with Crippen LogP contribution in [0.3, 0.4) is 0 Å². The van der Waals surface area contributed by atoms with Gasteiger partial charge < -0.3 is 9.47 Å². The van der Waals surface area contributed by atoms with Gasteiger partial charge in [-0.05, 0) is 40.7 Å². The van der Waals surface area contributed by atoms with Gasteiger partial charge in [-0.1, -0.05) is 77.9 Å². The van der Waals surface area contributed by atoms with Gasteiger partial charge in [0.05, 0.1) is 12.7 Å². The molecular weight excluding hydrogens is 415 g/mol. The summed E-state index contributed by atoms with van der Waals surface area (Å²) in [6.45, 7) is 12.4. The lowest BCUT2D eigenvalue weighted by Crippen LogP contribution is -2.23. The maximum Gasteiger partial charge on any atom is 0.343 e. The lowest BCUT2D eigenvalue weighted by molar-refractivity contribution is 0.0727. The molecule has 0 fully saturated rings. The van der Waals surface area contributed by atoms with Crippen molar-refractivity contribution in [1.82, 2.24) is 0 Å². The van der Waals surface area contributed by atoms with Crippen LogP contribution < -0.4 is 9.47 Å². The number of methoxy groups -OCH3 is 1. The van der Waals surface area contributed by atoms with Gasteiger partial charge in [-0.25, -0.2) is 9.18 Å². The molecule has 0 aromatic heterocycles. The molecule has 0 aliphatic carbocycles. The Kier molecular flexibility index (Phi) is 6.97. The lowest BCUT2D eigenvalue weighted by Gasteiger charge is -2.30. The van der Waals surface area contributed by atoms with Crippen molar-refractivity contribution < 1.29 is 18.7 Å². The fourth-order valence-electron chi connectivity index (χ4n) is 3.82. The first-order chi connectivity index (χ1) is 15.4. The Balaban J connectivity index is 2.11. The van der Waals surface area contributed by atoms with Crippen molar-refractivity contribution in [2.75, 3.05) is 7.11 Å². The van der Waals surface area contributed by atoms with Crippen LogP contribution in [0.1, 0.15) is 74.2 Å². The van der Waals surface area contributed by atoms with Gasteiger partial charge in [0.25, 0.3) is 0 Å². The average Bonchev–Trinajstić information content (AvgIpc) is 2.74. The molecule has 0 amide bonds. The van der Waals surface area contributed by atoms with Crippen LogP contribution >= 0.6 is 0 Å². The summed E-state index contributed by atoms with van der Waals surface area (Å²) in [5, 5.41) is 0. The Morgan fingerprint density at radius 1 is 0.848 bits per heavy atom. The van der Waals surface area contributed by atoms with E-state index in [0.717, 1.165) is 16.7 Å². The zero-order valence-electron chi connectivity index (χ0n) is 20.6. The predicted octanol–water partition coefficient (Wildman–Crippen LogP) is 7.24. The second-order valence-electron chi connectivity index (χ2n) is 10.4. The molecule has 3 aromatic carbocycles. The van der Waals surface area contributed by atoms with Crippen molar-refractivity contribution >= 4 is 5.97 Å². The maximum atomic E-state index is 14.8. The quantitative estimate of drug-likeness (QED) is 0.305. The zero-order chi connectivity index (χ0) is 24.4. The average molecular weight is 449 g/mol. The van der Waals surface area contributed by atoms with Crippen LogP contribution in [0.15, 0.2) is 60.7 Å². The molecule has 0 radical (unpaired) electrons. The third kappa shape index (κ3) is 5.62. The van der Waals surface area contributed by atoms with Crippen molar-refractivity contribution in [3.63, 3.8) is 0 Å². The van der Waals surface area contributed by atoms with E-state index < -0.39 is 11.8 Å². The second kappa shape index (κ2) is 9.38. The zero-order valence-corrected chi connectivity index (χ0v) is 20.6. The molecule has 4 heteroatoms. The molecule has 3 aromatic rings. The molecule has 0 atom stereocenters. The minimum Gasteiger partial charge on any atom is -0.497 e. The molecular formula is C29H33FO3. The Morgan fingerprint density at radius 2 is 1.42 bits per heavy atom. The van der Waals surface area contributed by atoms with Crippen LogP contribution in [0, 0.1) is 5.82 Å². The summed E-state index contributed by atoms with van der Waals surface area (Å²) in [5.74, 6) is 0.229. The van der Waals surface area contributed by atoms with E-state index in [4.69, 9.17) is 9.47 Å². The molecule has 0 spiro atoms. The largest absolute Gasteiger partial charge is 0.497 e. The summed E-state index contributed by atoms with van der Waals surface area (Å²) >= 11 is 0. The Labute approximate surface area is 196 Å². The molecule has 0 bridgehead atoms. The SMILES string of the molecule is COc1cc(C(C)(C)C)c(OC(=O)c2cccc(F)c2Cc2ccccc2)c(C(C)(C)C)c1. The summed E-state index contributed by atoms with van der Waals surface area (Å²) < 4.78 is 26.5. The van der Waals surface area contributed by atoms with Gasteiger partial charge in [-0.2, -0.15) is 0 Å². The van der Waals surface area contributed by atoms with Crippen molar-refractivity contribution in [1.29, 1.82) is 0 Å². The topological polar surface area (TPSA) is 35.5 Å². The fraction of sp³-hybridized carbons (Fsp3) is 0.345. The van der Waals surface area contributed by atoms with Crippen LogP contribution in [0.5, 0.6) is 11.5 Å². The van der Waals surface area contributed by atoms with Gasteiger partial charge in [0.2, 0.25) is 0 Å². The number of esters is 1. The predicted molar refractivity (Wildman–Crippen MR) is 131 cm³/mol. The van der Waals surface area contributed by atoms with Crippen molar-refractivity contribution in [2.45, 2.75) is 58.8 Å². The Morgan fingerprint density at radius 3 is 1.94 bits per heavy atom. The molecule has 0 unspecified atom stereocenters. The van der Waals surface area contributed by atoms with E-state index in [-0.39, 0.29) is 16.4 Å². The second-order valence-corrected chi connectivity index (χ2v) is 10.4. The lowest BCUT2D eigenvalue weighted by atomic mass is 9.79. The molecule has 3 rings (SSSR count). The third-order valence-electron chi connectivity index (χ3n) is 5.67. The molecule has 0 saturated heterocycles. The highest BCUT2D eigenvalue weighted by Crippen LogP contribution is 2.43. The van der Waals surface area contributed by atoms with E-state index in [0.29, 0.717) is 23.5 Å². The number of carbonyl (C=O) groups excluding carboxylic acids is 1. The number of hydrogen-bond acceptors (Lipinski definition) is 3. The van der Waals surface area contributed by atoms with Crippen molar-refractivity contribution in [3.8, 4) is 11.5 Å². The van der Waals surface area contributed by atoms with Gasteiger partial charge in [-0.3, -0.25) is 0 Å². The highest BCUT2D eigenvalue weighted by Gasteiger charge is 2.30. The first kappa shape index (κ1) is 24.5. The molecule has 0 aliphatic rings. The van der Waals surface area contributed by atoms with Gasteiger partial charge in [0.15, 0.2) is 0 Å². The van der Waals surface area contributed by atoms with Crippen LogP contribution in [0.2, 0.25) is 0 Å². The summed E-state index contributed by atoms with van der Waals surface area (Å²) in [6.07, 6.45) is 0.304. The molecule has 0 N–H and O–H groups in total. The van der Waals surface area contributed by atoms with E-state index in [1.54, 1.807) is 19.2 Å². The fourth-order valence-corrected chi connectivity index (χ4v) is 3.82. The number of hydrogen-bond donors (Lipinski definition) is 0. The Hall–Kier alpha value is -3.14. The summed E-state index contributed by atoms with van der Waals surface area (Å²) in [7, 11) is 1.63. The number of carbonyl (C=O) groups is 1. The number of benzene rings is 3. The van der Waals surface area contributed by atoms with E-state index in [2.05, 4.69) is 41.5 Å². The first-order valence-electron chi connectivity index (χ1n) is 11.2. The van der Waals surface area contributed by atoms with Crippen LogP contribution in [0.25, 0.3) is 0 Å². The van der Waals surface area contributed by atoms with Crippen LogP contribution in [0.4, 0.5) is 4.39 Å². The van der Waals surface area contributed by atoms with E-state index in [1.165, 1.54) is 6.07 Å². The van der Waals surface area contributed by atoms with Crippen molar-refractivity contribution in [2.24, 2.45) is 0 Å². The van der Waals surface area contributed by atoms with E-state index in [1.807, 2.05) is 42.5 Å². The van der Waals surface area contributed by atoms with Gasteiger partial charge >= 0.3 is 5.97 Å². The van der Waals surface area contributed by atoms with Gasteiger partial charge in [-0.15, -0.1) is 0 Å². The van der Waals surface area contributed by atoms with E-state index >= 15 is 0 Å². The van der Waals surface area contributed by atoms with Crippen LogP contribution in [-0.4, -0.2) is 13.1 Å². The molecule has 0 saturated carbocycles. The van der Waals surface area contributed by atoms with Gasteiger partial charge in [0, 0.05) is 23.1 Å². The van der Waals surface area contributed by atoms with E-state index in [9.17, 15) is 9.18 Å². The summed E-state index contributed by atoms with van der Waals surface area (Å²) in [5.41, 5.74) is 2.60. The monoisotopic (exact) mass is 448 g/mol. The number of ether oxygens (including phenoxy) is 2. The minimum atomic E-state index is -0.568. The smallest absolute Gasteiger partial charge is 0.343 e. The van der Waals surface area contributed by atoms with Gasteiger partial charge in [0.1, 0.15) is 17.3 Å². The molecule has 0 heterocycles. The number of halogens is 1.